The second-order valence-electron chi connectivity index (χ2n) is 3.80. The van der Waals surface area contributed by atoms with Crippen LogP contribution >= 0.6 is 11.6 Å². The average Bonchev–Trinajstić information content (AvgIpc) is 2.60. The molecule has 0 bridgehead atoms. The minimum atomic E-state index is -0.786. The molecule has 16 heavy (non-hydrogen) atoms. The van der Waals surface area contributed by atoms with Crippen LogP contribution in [0.3, 0.4) is 0 Å². The molecule has 0 saturated heterocycles. The Balaban J connectivity index is 2.29. The summed E-state index contributed by atoms with van der Waals surface area (Å²) in [6.45, 7) is 1.69. The van der Waals surface area contributed by atoms with Crippen molar-refractivity contribution in [3.05, 3.63) is 35.4 Å². The van der Waals surface area contributed by atoms with E-state index in [2.05, 4.69) is 4.98 Å². The molecule has 0 aliphatic rings. The standard InChI is InChI=1S/C11H11ClN2O2/c1-7(10(15)16)4-8-2-3-14-9(5-8)6-13-11(14)12/h2-3,5-7H,4H2,1H3,(H,15,16). The lowest BCUT2D eigenvalue weighted by atomic mass is 10.0. The molecule has 1 N–H and O–H groups in total. The summed E-state index contributed by atoms with van der Waals surface area (Å²) < 4.78 is 1.75. The molecule has 1 unspecified atom stereocenters. The molecule has 2 aromatic rings. The Hall–Kier alpha value is -1.55. The Labute approximate surface area is 97.5 Å². The van der Waals surface area contributed by atoms with Crippen molar-refractivity contribution in [2.45, 2.75) is 13.3 Å². The maximum Gasteiger partial charge on any atom is 0.306 e. The van der Waals surface area contributed by atoms with Gasteiger partial charge in [0.15, 0.2) is 0 Å². The Kier molecular flexibility index (Phi) is 2.83. The molecule has 0 fully saturated rings. The van der Waals surface area contributed by atoms with Crippen molar-refractivity contribution >= 4 is 23.1 Å². The number of aliphatic carboxylic acids is 1. The quantitative estimate of drug-likeness (QED) is 0.892. The number of nitrogens with zero attached hydrogens (tertiary/aromatic N) is 2. The van der Waals surface area contributed by atoms with Crippen molar-refractivity contribution in [2.75, 3.05) is 0 Å². The summed E-state index contributed by atoms with van der Waals surface area (Å²) in [4.78, 5) is 14.7. The Bertz CT molecular complexity index is 536. The van der Waals surface area contributed by atoms with Crippen LogP contribution in [0.5, 0.6) is 0 Å². The highest BCUT2D eigenvalue weighted by molar-refractivity contribution is 6.28. The highest BCUT2D eigenvalue weighted by atomic mass is 35.5. The summed E-state index contributed by atoms with van der Waals surface area (Å²) in [6, 6.07) is 3.76. The Morgan fingerprint density at radius 1 is 1.69 bits per heavy atom. The topological polar surface area (TPSA) is 54.6 Å². The van der Waals surface area contributed by atoms with Gasteiger partial charge in [0.1, 0.15) is 0 Å². The predicted octanol–water partition coefficient (Wildman–Crippen LogP) is 2.25. The Morgan fingerprint density at radius 3 is 3.12 bits per heavy atom. The first-order valence-electron chi connectivity index (χ1n) is 4.92. The molecule has 0 saturated carbocycles. The summed E-state index contributed by atoms with van der Waals surface area (Å²) in [5, 5.41) is 9.23. The molecule has 2 heterocycles. The van der Waals surface area contributed by atoms with E-state index >= 15 is 0 Å². The van der Waals surface area contributed by atoms with Gasteiger partial charge in [0.05, 0.1) is 17.6 Å². The number of fused-ring (bicyclic) bond motifs is 1. The maximum absolute atomic E-state index is 10.7. The van der Waals surface area contributed by atoms with Gasteiger partial charge in [-0.3, -0.25) is 9.20 Å². The summed E-state index contributed by atoms with van der Waals surface area (Å²) in [5.74, 6) is -1.17. The van der Waals surface area contributed by atoms with E-state index in [-0.39, 0.29) is 5.92 Å². The van der Waals surface area contributed by atoms with E-state index in [0.29, 0.717) is 11.7 Å². The molecule has 5 heteroatoms. The second-order valence-corrected chi connectivity index (χ2v) is 4.14. The summed E-state index contributed by atoms with van der Waals surface area (Å²) in [7, 11) is 0. The van der Waals surface area contributed by atoms with E-state index in [1.54, 1.807) is 23.7 Å². The van der Waals surface area contributed by atoms with Gasteiger partial charge in [-0.15, -0.1) is 0 Å². The molecule has 84 valence electrons. The highest BCUT2D eigenvalue weighted by Gasteiger charge is 2.12. The molecule has 0 aliphatic heterocycles. The van der Waals surface area contributed by atoms with Gasteiger partial charge >= 0.3 is 5.97 Å². The van der Waals surface area contributed by atoms with Crippen molar-refractivity contribution in [2.24, 2.45) is 5.92 Å². The van der Waals surface area contributed by atoms with E-state index in [4.69, 9.17) is 16.7 Å². The predicted molar refractivity (Wildman–Crippen MR) is 60.7 cm³/mol. The zero-order chi connectivity index (χ0) is 11.7. The molecule has 0 aliphatic carbocycles. The van der Waals surface area contributed by atoms with Gasteiger partial charge in [-0.25, -0.2) is 4.98 Å². The molecule has 4 nitrogen and oxygen atoms in total. The summed E-state index contributed by atoms with van der Waals surface area (Å²) in [6.07, 6.45) is 3.97. The zero-order valence-corrected chi connectivity index (χ0v) is 9.48. The van der Waals surface area contributed by atoms with Crippen molar-refractivity contribution < 1.29 is 9.90 Å². The SMILES string of the molecule is CC(Cc1ccn2c(Cl)ncc2c1)C(=O)O. The number of carboxylic acids is 1. The number of pyridine rings is 1. The van der Waals surface area contributed by atoms with E-state index in [1.165, 1.54) is 0 Å². The van der Waals surface area contributed by atoms with Gasteiger partial charge in [0.25, 0.3) is 0 Å². The smallest absolute Gasteiger partial charge is 0.306 e. The van der Waals surface area contributed by atoms with Gasteiger partial charge in [0, 0.05) is 6.20 Å². The third-order valence-electron chi connectivity index (χ3n) is 2.51. The molecular formula is C11H11ClN2O2. The number of hydrogen-bond donors (Lipinski definition) is 1. The van der Waals surface area contributed by atoms with Gasteiger partial charge in [-0.05, 0) is 35.7 Å². The minimum absolute atomic E-state index is 0.388. The number of carbonyl (C=O) groups is 1. The lowest BCUT2D eigenvalue weighted by molar-refractivity contribution is -0.141. The fourth-order valence-corrected chi connectivity index (χ4v) is 1.78. The van der Waals surface area contributed by atoms with Crippen LogP contribution in [0.2, 0.25) is 5.28 Å². The lowest BCUT2D eigenvalue weighted by Gasteiger charge is -2.06. The molecule has 0 aromatic carbocycles. The number of imidazole rings is 1. The van der Waals surface area contributed by atoms with Gasteiger partial charge < -0.3 is 5.11 Å². The van der Waals surface area contributed by atoms with Crippen LogP contribution in [0.4, 0.5) is 0 Å². The molecule has 0 radical (unpaired) electrons. The number of aromatic nitrogens is 2. The van der Waals surface area contributed by atoms with Crippen molar-refractivity contribution in [1.29, 1.82) is 0 Å². The zero-order valence-electron chi connectivity index (χ0n) is 8.72. The van der Waals surface area contributed by atoms with Crippen LogP contribution in [-0.2, 0) is 11.2 Å². The average molecular weight is 239 g/mol. The third-order valence-corrected chi connectivity index (χ3v) is 2.79. The van der Waals surface area contributed by atoms with Crippen LogP contribution in [0.15, 0.2) is 24.5 Å². The van der Waals surface area contributed by atoms with Gasteiger partial charge in [-0.1, -0.05) is 6.92 Å². The highest BCUT2D eigenvalue weighted by Crippen LogP contribution is 2.15. The summed E-state index contributed by atoms with van der Waals surface area (Å²) >= 11 is 5.84. The van der Waals surface area contributed by atoms with Crippen LogP contribution in [0.1, 0.15) is 12.5 Å². The fourth-order valence-electron chi connectivity index (χ4n) is 1.58. The van der Waals surface area contributed by atoms with Crippen molar-refractivity contribution in [3.63, 3.8) is 0 Å². The first-order valence-corrected chi connectivity index (χ1v) is 5.30. The number of carboxylic acid groups (broad SMARTS) is 1. The summed E-state index contributed by atoms with van der Waals surface area (Å²) in [5.41, 5.74) is 1.85. The van der Waals surface area contributed by atoms with Gasteiger partial charge in [-0.2, -0.15) is 0 Å². The monoisotopic (exact) mass is 238 g/mol. The van der Waals surface area contributed by atoms with Crippen molar-refractivity contribution in [3.8, 4) is 0 Å². The van der Waals surface area contributed by atoms with E-state index in [1.807, 2.05) is 12.1 Å². The number of halogens is 1. The van der Waals surface area contributed by atoms with Gasteiger partial charge in [0.2, 0.25) is 5.28 Å². The number of rotatable bonds is 3. The van der Waals surface area contributed by atoms with Crippen LogP contribution in [0, 0.1) is 5.92 Å². The lowest BCUT2D eigenvalue weighted by Crippen LogP contribution is -2.12. The van der Waals surface area contributed by atoms with E-state index < -0.39 is 5.97 Å². The first kappa shape index (κ1) is 11.0. The number of hydrogen-bond acceptors (Lipinski definition) is 2. The molecule has 0 amide bonds. The largest absolute Gasteiger partial charge is 0.481 e. The fraction of sp³-hybridized carbons (Fsp3) is 0.273. The normalized spacial score (nSPS) is 12.9. The van der Waals surface area contributed by atoms with Crippen LogP contribution < -0.4 is 0 Å². The Morgan fingerprint density at radius 2 is 2.44 bits per heavy atom. The van der Waals surface area contributed by atoms with E-state index in [0.717, 1.165) is 11.1 Å². The molecule has 2 rings (SSSR count). The molecule has 0 spiro atoms. The first-order chi connectivity index (χ1) is 7.58. The maximum atomic E-state index is 10.7. The van der Waals surface area contributed by atoms with Crippen molar-refractivity contribution in [1.82, 2.24) is 9.38 Å². The minimum Gasteiger partial charge on any atom is -0.481 e. The molecule has 1 atom stereocenters. The second kappa shape index (κ2) is 4.14. The van der Waals surface area contributed by atoms with Crippen LogP contribution in [0.25, 0.3) is 5.52 Å². The van der Waals surface area contributed by atoms with Crippen LogP contribution in [-0.4, -0.2) is 20.5 Å². The third kappa shape index (κ3) is 2.02. The molecule has 2 aromatic heterocycles. The van der Waals surface area contributed by atoms with E-state index in [9.17, 15) is 4.79 Å². The molecular weight excluding hydrogens is 228 g/mol.